The van der Waals surface area contributed by atoms with Crippen LogP contribution in [0.1, 0.15) is 36.0 Å². The summed E-state index contributed by atoms with van der Waals surface area (Å²) in [5.41, 5.74) is -0.662. The van der Waals surface area contributed by atoms with Crippen molar-refractivity contribution in [3.63, 3.8) is 0 Å². The number of aliphatic hydroxyl groups is 1. The molecular weight excluding hydrogens is 286 g/mol. The van der Waals surface area contributed by atoms with Crippen LogP contribution in [0.5, 0.6) is 0 Å². The second kappa shape index (κ2) is 6.15. The lowest BCUT2D eigenvalue weighted by Gasteiger charge is -2.28. The number of aliphatic hydroxyl groups excluding tert-OH is 1. The smallest absolute Gasteiger partial charge is 0.319 e. The van der Waals surface area contributed by atoms with Gasteiger partial charge < -0.3 is 10.4 Å². The number of hydrogen-bond acceptors (Lipinski definition) is 5. The van der Waals surface area contributed by atoms with Crippen molar-refractivity contribution in [2.24, 2.45) is 0 Å². The van der Waals surface area contributed by atoms with Crippen LogP contribution in [-0.4, -0.2) is 33.1 Å². The van der Waals surface area contributed by atoms with E-state index in [2.05, 4.69) is 10.3 Å². The van der Waals surface area contributed by atoms with Crippen LogP contribution in [0.15, 0.2) is 12.3 Å². The van der Waals surface area contributed by atoms with Gasteiger partial charge in [0, 0.05) is 6.20 Å². The van der Waals surface area contributed by atoms with Gasteiger partial charge in [0.05, 0.1) is 17.1 Å². The zero-order valence-corrected chi connectivity index (χ0v) is 11.3. The first-order chi connectivity index (χ1) is 9.50. The molecule has 1 amide bonds. The topological polar surface area (TPSA) is 105 Å². The molecular formula is C12H14ClN3O4. The maximum absolute atomic E-state index is 12.1. The Morgan fingerprint density at radius 1 is 1.50 bits per heavy atom. The fourth-order valence-electron chi connectivity index (χ4n) is 2.31. The number of nitro groups is 1. The van der Waals surface area contributed by atoms with Crippen molar-refractivity contribution < 1.29 is 14.8 Å². The molecule has 1 aliphatic rings. The summed E-state index contributed by atoms with van der Waals surface area (Å²) < 4.78 is 0. The van der Waals surface area contributed by atoms with E-state index in [9.17, 15) is 20.0 Å². The number of carbonyl (C=O) groups excluding carboxylic acids is 1. The van der Waals surface area contributed by atoms with Crippen molar-refractivity contribution in [1.82, 2.24) is 10.3 Å². The van der Waals surface area contributed by atoms with Crippen molar-refractivity contribution >= 4 is 23.2 Å². The molecule has 1 aliphatic carbocycles. The summed E-state index contributed by atoms with van der Waals surface area (Å²) in [4.78, 5) is 25.9. The zero-order chi connectivity index (χ0) is 14.7. The monoisotopic (exact) mass is 299 g/mol. The van der Waals surface area contributed by atoms with E-state index in [-0.39, 0.29) is 16.8 Å². The second-order valence-electron chi connectivity index (χ2n) is 4.69. The van der Waals surface area contributed by atoms with Gasteiger partial charge in [-0.1, -0.05) is 24.4 Å². The minimum atomic E-state index is -0.735. The molecule has 7 nitrogen and oxygen atoms in total. The lowest BCUT2D eigenvalue weighted by molar-refractivity contribution is -0.385. The SMILES string of the molecule is O=C(N[C@H]1CCCC[C@@H]1O)c1ccnc(Cl)c1[N+](=O)[O-]. The summed E-state index contributed by atoms with van der Waals surface area (Å²) >= 11 is 5.66. The molecule has 0 radical (unpaired) electrons. The van der Waals surface area contributed by atoms with Crippen LogP contribution in [0, 0.1) is 10.1 Å². The molecule has 0 aliphatic heterocycles. The van der Waals surface area contributed by atoms with E-state index >= 15 is 0 Å². The first kappa shape index (κ1) is 14.7. The maximum atomic E-state index is 12.1. The third kappa shape index (κ3) is 3.05. The minimum Gasteiger partial charge on any atom is -0.391 e. The van der Waals surface area contributed by atoms with Gasteiger partial charge in [-0.3, -0.25) is 14.9 Å². The summed E-state index contributed by atoms with van der Waals surface area (Å²) in [6.07, 6.45) is 3.70. The molecule has 0 bridgehead atoms. The Bertz CT molecular complexity index is 537. The van der Waals surface area contributed by atoms with Crippen molar-refractivity contribution in [1.29, 1.82) is 0 Å². The fourth-order valence-corrected chi connectivity index (χ4v) is 2.54. The van der Waals surface area contributed by atoms with Crippen LogP contribution in [0.2, 0.25) is 5.15 Å². The molecule has 1 aromatic heterocycles. The molecule has 1 heterocycles. The average molecular weight is 300 g/mol. The van der Waals surface area contributed by atoms with E-state index in [4.69, 9.17) is 11.6 Å². The Hall–Kier alpha value is -1.73. The summed E-state index contributed by atoms with van der Waals surface area (Å²) in [7, 11) is 0. The number of hydrogen-bond donors (Lipinski definition) is 2. The van der Waals surface area contributed by atoms with E-state index in [1.807, 2.05) is 0 Å². The second-order valence-corrected chi connectivity index (χ2v) is 5.04. The number of aromatic nitrogens is 1. The summed E-state index contributed by atoms with van der Waals surface area (Å²) in [6, 6.07) is 0.858. The number of nitrogens with one attached hydrogen (secondary N) is 1. The van der Waals surface area contributed by atoms with Gasteiger partial charge in [0.1, 0.15) is 5.56 Å². The predicted molar refractivity (Wildman–Crippen MR) is 71.6 cm³/mol. The van der Waals surface area contributed by atoms with Gasteiger partial charge in [-0.2, -0.15) is 0 Å². The Morgan fingerprint density at radius 2 is 2.20 bits per heavy atom. The molecule has 1 saturated carbocycles. The highest BCUT2D eigenvalue weighted by Gasteiger charge is 2.29. The molecule has 0 aromatic carbocycles. The van der Waals surface area contributed by atoms with Crippen LogP contribution in [0.4, 0.5) is 5.69 Å². The zero-order valence-electron chi connectivity index (χ0n) is 10.6. The lowest BCUT2D eigenvalue weighted by atomic mass is 9.92. The van der Waals surface area contributed by atoms with Gasteiger partial charge in [0.15, 0.2) is 0 Å². The Kier molecular flexibility index (Phi) is 4.51. The van der Waals surface area contributed by atoms with Crippen LogP contribution in [0.3, 0.4) is 0 Å². The predicted octanol–water partition coefficient (Wildman–Crippen LogP) is 1.68. The normalized spacial score (nSPS) is 22.3. The van der Waals surface area contributed by atoms with E-state index < -0.39 is 22.6 Å². The quantitative estimate of drug-likeness (QED) is 0.502. The largest absolute Gasteiger partial charge is 0.391 e. The summed E-state index contributed by atoms with van der Waals surface area (Å²) in [5, 5.41) is 23.1. The highest BCUT2D eigenvalue weighted by molar-refractivity contribution is 6.32. The van der Waals surface area contributed by atoms with E-state index in [0.717, 1.165) is 12.8 Å². The number of rotatable bonds is 3. The number of carbonyl (C=O) groups is 1. The Balaban J connectivity index is 2.21. The van der Waals surface area contributed by atoms with Crippen molar-refractivity contribution in [2.45, 2.75) is 37.8 Å². The minimum absolute atomic E-state index is 0.146. The standard InChI is InChI=1S/C12H14ClN3O4/c13-11-10(16(19)20)7(5-6-14-11)12(18)15-8-3-1-2-4-9(8)17/h5-6,8-9,17H,1-4H2,(H,15,18)/t8-,9-/m0/s1. The average Bonchev–Trinajstić information content (AvgIpc) is 2.40. The van der Waals surface area contributed by atoms with Gasteiger partial charge in [0.25, 0.3) is 5.91 Å². The fraction of sp³-hybridized carbons (Fsp3) is 0.500. The number of halogens is 1. The highest BCUT2D eigenvalue weighted by Crippen LogP contribution is 2.26. The molecule has 2 rings (SSSR count). The van der Waals surface area contributed by atoms with E-state index in [0.29, 0.717) is 12.8 Å². The molecule has 2 atom stereocenters. The third-order valence-electron chi connectivity index (χ3n) is 3.35. The van der Waals surface area contributed by atoms with Crippen LogP contribution < -0.4 is 5.32 Å². The first-order valence-corrected chi connectivity index (χ1v) is 6.66. The van der Waals surface area contributed by atoms with Gasteiger partial charge in [-0.05, 0) is 18.9 Å². The Labute approximate surface area is 120 Å². The number of nitrogens with zero attached hydrogens (tertiary/aromatic N) is 2. The van der Waals surface area contributed by atoms with Crippen molar-refractivity contribution in [2.75, 3.05) is 0 Å². The molecule has 0 saturated heterocycles. The number of pyridine rings is 1. The molecule has 8 heteroatoms. The van der Waals surface area contributed by atoms with Crippen LogP contribution in [-0.2, 0) is 0 Å². The van der Waals surface area contributed by atoms with E-state index in [1.54, 1.807) is 0 Å². The summed E-state index contributed by atoms with van der Waals surface area (Å²) in [5.74, 6) is -0.619. The molecule has 2 N–H and O–H groups in total. The summed E-state index contributed by atoms with van der Waals surface area (Å²) in [6.45, 7) is 0. The molecule has 0 spiro atoms. The van der Waals surface area contributed by atoms with Crippen LogP contribution >= 0.6 is 11.6 Å². The van der Waals surface area contributed by atoms with Crippen LogP contribution in [0.25, 0.3) is 0 Å². The van der Waals surface area contributed by atoms with Crippen molar-refractivity contribution in [3.05, 3.63) is 33.1 Å². The maximum Gasteiger partial charge on any atom is 0.319 e. The van der Waals surface area contributed by atoms with Gasteiger partial charge in [-0.15, -0.1) is 0 Å². The number of amides is 1. The van der Waals surface area contributed by atoms with Gasteiger partial charge in [-0.25, -0.2) is 4.98 Å². The Morgan fingerprint density at radius 3 is 2.85 bits per heavy atom. The third-order valence-corrected chi connectivity index (χ3v) is 3.63. The molecule has 108 valence electrons. The van der Waals surface area contributed by atoms with Gasteiger partial charge in [0.2, 0.25) is 5.15 Å². The molecule has 1 aromatic rings. The van der Waals surface area contributed by atoms with Gasteiger partial charge >= 0.3 is 5.69 Å². The molecule has 0 unspecified atom stereocenters. The lowest BCUT2D eigenvalue weighted by Crippen LogP contribution is -2.45. The van der Waals surface area contributed by atoms with Crippen molar-refractivity contribution in [3.8, 4) is 0 Å². The van der Waals surface area contributed by atoms with E-state index in [1.165, 1.54) is 12.3 Å². The first-order valence-electron chi connectivity index (χ1n) is 6.28. The highest BCUT2D eigenvalue weighted by atomic mass is 35.5. The molecule has 20 heavy (non-hydrogen) atoms. The molecule has 1 fully saturated rings.